The minimum absolute atomic E-state index is 0.0823. The summed E-state index contributed by atoms with van der Waals surface area (Å²) in [6, 6.07) is -0.758. The van der Waals surface area contributed by atoms with Crippen LogP contribution in [-0.4, -0.2) is 46.8 Å². The van der Waals surface area contributed by atoms with Crippen molar-refractivity contribution >= 4 is 39.3 Å². The molecule has 1 unspecified atom stereocenters. The van der Waals surface area contributed by atoms with Gasteiger partial charge >= 0.3 is 5.97 Å². The Labute approximate surface area is 111 Å². The lowest BCUT2D eigenvalue weighted by molar-refractivity contribution is -0.141. The quantitative estimate of drug-likeness (QED) is 0.824. The van der Waals surface area contributed by atoms with E-state index in [0.29, 0.717) is 23.4 Å². The van der Waals surface area contributed by atoms with Gasteiger partial charge in [0.1, 0.15) is 5.82 Å². The van der Waals surface area contributed by atoms with E-state index in [9.17, 15) is 4.79 Å². The van der Waals surface area contributed by atoms with Crippen LogP contribution in [0.1, 0.15) is 0 Å². The molecule has 0 saturated carbocycles. The van der Waals surface area contributed by atoms with E-state index in [2.05, 4.69) is 25.9 Å². The molecule has 92 valence electrons. The minimum atomic E-state index is -0.952. The van der Waals surface area contributed by atoms with Crippen molar-refractivity contribution in [3.8, 4) is 0 Å². The van der Waals surface area contributed by atoms with Gasteiger partial charge in [0.05, 0.1) is 17.7 Å². The Balaban J connectivity index is 2.35. The summed E-state index contributed by atoms with van der Waals surface area (Å²) >= 11 is 9.00. The van der Waals surface area contributed by atoms with Crippen LogP contribution < -0.4 is 4.90 Å². The van der Waals surface area contributed by atoms with Crippen molar-refractivity contribution < 1.29 is 14.6 Å². The van der Waals surface area contributed by atoms with Crippen LogP contribution in [0.15, 0.2) is 10.7 Å². The molecule has 6 nitrogen and oxygen atoms in total. The third-order valence-electron chi connectivity index (χ3n) is 2.38. The summed E-state index contributed by atoms with van der Waals surface area (Å²) in [6.07, 6.45) is 1.50. The second kappa shape index (κ2) is 5.16. The molecule has 0 aliphatic carbocycles. The number of nitrogens with zero attached hydrogens (tertiary/aromatic N) is 3. The molecular weight excluding hydrogens is 313 g/mol. The first-order valence-electron chi connectivity index (χ1n) is 4.85. The average Bonchev–Trinajstić information content (AvgIpc) is 2.32. The Morgan fingerprint density at radius 3 is 3.18 bits per heavy atom. The summed E-state index contributed by atoms with van der Waals surface area (Å²) in [5.74, 6) is -0.480. The molecule has 8 heteroatoms. The van der Waals surface area contributed by atoms with Crippen LogP contribution in [0.25, 0.3) is 0 Å². The Bertz CT molecular complexity index is 445. The number of aliphatic carboxylic acids is 1. The molecule has 1 aromatic heterocycles. The maximum atomic E-state index is 11.1. The van der Waals surface area contributed by atoms with Crippen LogP contribution in [0.5, 0.6) is 0 Å². The number of rotatable bonds is 2. The van der Waals surface area contributed by atoms with Gasteiger partial charge in [0.2, 0.25) is 5.28 Å². The molecule has 0 amide bonds. The highest BCUT2D eigenvalue weighted by molar-refractivity contribution is 9.10. The predicted octanol–water partition coefficient (Wildman–Crippen LogP) is 1.18. The first-order chi connectivity index (χ1) is 8.09. The molecule has 1 aliphatic heterocycles. The molecule has 17 heavy (non-hydrogen) atoms. The summed E-state index contributed by atoms with van der Waals surface area (Å²) in [7, 11) is 0. The lowest BCUT2D eigenvalue weighted by Gasteiger charge is -2.34. The minimum Gasteiger partial charge on any atom is -0.480 e. The molecule has 1 atom stereocenters. The SMILES string of the molecule is O=C(O)C1COCCN1c1nc(Cl)ncc1Br. The number of carboxylic acids is 1. The highest BCUT2D eigenvalue weighted by atomic mass is 79.9. The first-order valence-corrected chi connectivity index (χ1v) is 6.02. The van der Waals surface area contributed by atoms with Gasteiger partial charge in [0.25, 0.3) is 0 Å². The summed E-state index contributed by atoms with van der Waals surface area (Å²) in [6.45, 7) is 1.03. The lowest BCUT2D eigenvalue weighted by atomic mass is 10.2. The van der Waals surface area contributed by atoms with Crippen LogP contribution in [0.3, 0.4) is 0 Å². The van der Waals surface area contributed by atoms with Crippen LogP contribution >= 0.6 is 27.5 Å². The number of hydrogen-bond acceptors (Lipinski definition) is 5. The summed E-state index contributed by atoms with van der Waals surface area (Å²) in [5, 5.41) is 9.20. The van der Waals surface area contributed by atoms with Crippen LogP contribution in [0.2, 0.25) is 5.28 Å². The number of ether oxygens (including phenoxy) is 1. The van der Waals surface area contributed by atoms with Crippen LogP contribution in [0.4, 0.5) is 5.82 Å². The Morgan fingerprint density at radius 1 is 1.71 bits per heavy atom. The zero-order chi connectivity index (χ0) is 12.4. The van der Waals surface area contributed by atoms with Crippen molar-refractivity contribution in [1.29, 1.82) is 0 Å². The van der Waals surface area contributed by atoms with Gasteiger partial charge in [-0.05, 0) is 27.5 Å². The molecule has 1 N–H and O–H groups in total. The molecule has 1 fully saturated rings. The normalized spacial score (nSPS) is 20.4. The van der Waals surface area contributed by atoms with Crippen molar-refractivity contribution in [2.75, 3.05) is 24.7 Å². The van der Waals surface area contributed by atoms with Crippen LogP contribution in [0, 0.1) is 0 Å². The fraction of sp³-hybridized carbons (Fsp3) is 0.444. The standard InChI is InChI=1S/C9H9BrClN3O3/c10-5-3-12-9(11)13-7(5)14-1-2-17-4-6(14)8(15)16/h3,6H,1-2,4H2,(H,15,16). The molecule has 0 aromatic carbocycles. The van der Waals surface area contributed by atoms with Crippen LogP contribution in [-0.2, 0) is 9.53 Å². The van der Waals surface area contributed by atoms with Gasteiger partial charge < -0.3 is 14.7 Å². The average molecular weight is 323 g/mol. The van der Waals surface area contributed by atoms with Gasteiger partial charge in [0, 0.05) is 12.7 Å². The topological polar surface area (TPSA) is 75.6 Å². The molecule has 0 radical (unpaired) electrons. The fourth-order valence-electron chi connectivity index (χ4n) is 1.60. The lowest BCUT2D eigenvalue weighted by Crippen LogP contribution is -2.50. The molecule has 0 spiro atoms. The zero-order valence-electron chi connectivity index (χ0n) is 8.64. The van der Waals surface area contributed by atoms with Crippen molar-refractivity contribution in [2.24, 2.45) is 0 Å². The Kier molecular flexibility index (Phi) is 3.80. The van der Waals surface area contributed by atoms with Crippen molar-refractivity contribution in [2.45, 2.75) is 6.04 Å². The monoisotopic (exact) mass is 321 g/mol. The second-order valence-corrected chi connectivity index (χ2v) is 4.63. The number of carboxylic acid groups (broad SMARTS) is 1. The van der Waals surface area contributed by atoms with Gasteiger partial charge in [-0.15, -0.1) is 0 Å². The number of aromatic nitrogens is 2. The molecule has 2 rings (SSSR count). The number of morpholine rings is 1. The zero-order valence-corrected chi connectivity index (χ0v) is 11.0. The summed E-state index contributed by atoms with van der Waals surface area (Å²) < 4.78 is 5.76. The largest absolute Gasteiger partial charge is 0.480 e. The van der Waals surface area contributed by atoms with Crippen molar-refractivity contribution in [1.82, 2.24) is 9.97 Å². The number of hydrogen-bond donors (Lipinski definition) is 1. The first kappa shape index (κ1) is 12.5. The van der Waals surface area contributed by atoms with Gasteiger partial charge in [-0.2, -0.15) is 4.98 Å². The third kappa shape index (κ3) is 2.67. The van der Waals surface area contributed by atoms with E-state index in [0.717, 1.165) is 0 Å². The Hall–Kier alpha value is -0.920. The van der Waals surface area contributed by atoms with Crippen molar-refractivity contribution in [3.05, 3.63) is 16.0 Å². The predicted molar refractivity (Wildman–Crippen MR) is 64.3 cm³/mol. The van der Waals surface area contributed by atoms with E-state index >= 15 is 0 Å². The van der Waals surface area contributed by atoms with Gasteiger partial charge in [-0.1, -0.05) is 0 Å². The highest BCUT2D eigenvalue weighted by Gasteiger charge is 2.31. The third-order valence-corrected chi connectivity index (χ3v) is 3.12. The highest BCUT2D eigenvalue weighted by Crippen LogP contribution is 2.27. The molecule has 1 saturated heterocycles. The molecule has 1 aromatic rings. The van der Waals surface area contributed by atoms with E-state index in [1.807, 2.05) is 0 Å². The number of carbonyl (C=O) groups is 1. The van der Waals surface area contributed by atoms with Gasteiger partial charge in [-0.3, -0.25) is 0 Å². The second-order valence-electron chi connectivity index (χ2n) is 3.43. The summed E-state index contributed by atoms with van der Waals surface area (Å²) in [5.41, 5.74) is 0. The maximum absolute atomic E-state index is 11.1. The molecule has 2 heterocycles. The number of halogens is 2. The van der Waals surface area contributed by atoms with E-state index in [4.69, 9.17) is 21.4 Å². The fourth-order valence-corrected chi connectivity index (χ4v) is 2.15. The van der Waals surface area contributed by atoms with Crippen molar-refractivity contribution in [3.63, 3.8) is 0 Å². The van der Waals surface area contributed by atoms with E-state index in [1.54, 1.807) is 4.90 Å². The summed E-state index contributed by atoms with van der Waals surface area (Å²) in [4.78, 5) is 20.6. The molecule has 0 bridgehead atoms. The van der Waals surface area contributed by atoms with Gasteiger partial charge in [0.15, 0.2) is 6.04 Å². The smallest absolute Gasteiger partial charge is 0.328 e. The van der Waals surface area contributed by atoms with E-state index < -0.39 is 12.0 Å². The Morgan fingerprint density at radius 2 is 2.47 bits per heavy atom. The van der Waals surface area contributed by atoms with E-state index in [-0.39, 0.29) is 11.9 Å². The molecular formula is C9H9BrClN3O3. The molecule has 1 aliphatic rings. The maximum Gasteiger partial charge on any atom is 0.328 e. The van der Waals surface area contributed by atoms with E-state index in [1.165, 1.54) is 6.20 Å². The number of anilines is 1. The van der Waals surface area contributed by atoms with Gasteiger partial charge in [-0.25, -0.2) is 9.78 Å².